The summed E-state index contributed by atoms with van der Waals surface area (Å²) in [6.07, 6.45) is 0.720. The first kappa shape index (κ1) is 11.6. The third-order valence-corrected chi connectivity index (χ3v) is 3.06. The molecule has 3 rings (SSSR count). The van der Waals surface area contributed by atoms with Crippen molar-refractivity contribution in [3.05, 3.63) is 41.5 Å². The molecule has 0 atom stereocenters. The number of halogens is 1. The van der Waals surface area contributed by atoms with Gasteiger partial charge in [-0.15, -0.1) is 5.10 Å². The lowest BCUT2D eigenvalue weighted by molar-refractivity contribution is 0.111. The third-order valence-electron chi connectivity index (χ3n) is 3.06. The molecule has 0 radical (unpaired) electrons. The number of rotatable bonds is 2. The molecule has 0 spiro atoms. The predicted molar refractivity (Wildman–Crippen MR) is 67.5 cm³/mol. The molecule has 0 aliphatic heterocycles. The van der Waals surface area contributed by atoms with Gasteiger partial charge in [0, 0.05) is 12.6 Å². The fourth-order valence-corrected chi connectivity index (χ4v) is 2.10. The molecule has 3 aromatic rings. The van der Waals surface area contributed by atoms with Crippen LogP contribution in [0.5, 0.6) is 0 Å². The highest BCUT2D eigenvalue weighted by molar-refractivity contribution is 5.76. The summed E-state index contributed by atoms with van der Waals surface area (Å²) in [5.74, 6) is 0.786. The number of fused-ring (bicyclic) bond motifs is 1. The lowest BCUT2D eigenvalue weighted by atomic mass is 10.2. The van der Waals surface area contributed by atoms with Crippen LogP contribution in [-0.2, 0) is 7.05 Å². The first-order chi connectivity index (χ1) is 9.11. The molecule has 0 bridgehead atoms. The van der Waals surface area contributed by atoms with E-state index in [0.29, 0.717) is 28.6 Å². The first-order valence-electron chi connectivity index (χ1n) is 5.75. The standard InChI is InChI=1S/C13H11FN4O/c1-8-11(7-19)18-13(15-8)17(2)12(16-18)9-4-3-5-10(14)6-9/h3-7H,1-2H3. The Kier molecular flexibility index (Phi) is 2.45. The molecule has 2 heterocycles. The van der Waals surface area contributed by atoms with Gasteiger partial charge in [-0.1, -0.05) is 12.1 Å². The minimum atomic E-state index is -0.329. The van der Waals surface area contributed by atoms with Crippen LogP contribution in [-0.4, -0.2) is 25.5 Å². The van der Waals surface area contributed by atoms with Gasteiger partial charge in [0.1, 0.15) is 11.5 Å². The Morgan fingerprint density at radius 2 is 2.16 bits per heavy atom. The maximum atomic E-state index is 13.3. The number of aryl methyl sites for hydroxylation is 2. The quantitative estimate of drug-likeness (QED) is 0.660. The molecule has 0 unspecified atom stereocenters. The summed E-state index contributed by atoms with van der Waals surface area (Å²) < 4.78 is 16.5. The van der Waals surface area contributed by atoms with Crippen molar-refractivity contribution < 1.29 is 9.18 Å². The van der Waals surface area contributed by atoms with Crippen LogP contribution in [0, 0.1) is 12.7 Å². The molecule has 19 heavy (non-hydrogen) atoms. The van der Waals surface area contributed by atoms with Crippen molar-refractivity contribution in [1.29, 1.82) is 0 Å². The van der Waals surface area contributed by atoms with Crippen molar-refractivity contribution in [1.82, 2.24) is 19.2 Å². The van der Waals surface area contributed by atoms with Crippen molar-refractivity contribution in [3.63, 3.8) is 0 Å². The second-order valence-electron chi connectivity index (χ2n) is 4.31. The number of hydrogen-bond acceptors (Lipinski definition) is 3. The second-order valence-corrected chi connectivity index (χ2v) is 4.31. The average molecular weight is 258 g/mol. The smallest absolute Gasteiger partial charge is 0.233 e. The molecule has 0 aliphatic rings. The molecule has 0 aliphatic carbocycles. The number of aldehydes is 1. The van der Waals surface area contributed by atoms with Gasteiger partial charge in [-0.25, -0.2) is 9.37 Å². The fraction of sp³-hybridized carbons (Fsp3) is 0.154. The summed E-state index contributed by atoms with van der Waals surface area (Å²) >= 11 is 0. The predicted octanol–water partition coefficient (Wildman–Crippen LogP) is 1.99. The van der Waals surface area contributed by atoms with Gasteiger partial charge in [0.15, 0.2) is 12.1 Å². The van der Waals surface area contributed by atoms with Crippen LogP contribution >= 0.6 is 0 Å². The third kappa shape index (κ3) is 1.64. The van der Waals surface area contributed by atoms with Gasteiger partial charge in [0.05, 0.1) is 5.69 Å². The van der Waals surface area contributed by atoms with Crippen molar-refractivity contribution in [2.75, 3.05) is 0 Å². The summed E-state index contributed by atoms with van der Waals surface area (Å²) in [5, 5.41) is 4.33. The van der Waals surface area contributed by atoms with E-state index in [1.54, 1.807) is 30.7 Å². The molecule has 5 nitrogen and oxygen atoms in total. The highest BCUT2D eigenvalue weighted by atomic mass is 19.1. The van der Waals surface area contributed by atoms with Gasteiger partial charge in [-0.05, 0) is 19.1 Å². The molecule has 1 aromatic carbocycles. The minimum absolute atomic E-state index is 0.329. The van der Waals surface area contributed by atoms with E-state index in [0.717, 1.165) is 6.29 Å². The number of aromatic nitrogens is 4. The Morgan fingerprint density at radius 1 is 1.37 bits per heavy atom. The van der Waals surface area contributed by atoms with Crippen molar-refractivity contribution in [3.8, 4) is 11.4 Å². The number of carbonyl (C=O) groups excluding carboxylic acids is 1. The molecule has 0 saturated heterocycles. The Bertz CT molecular complexity index is 787. The highest BCUT2D eigenvalue weighted by Crippen LogP contribution is 2.21. The molecule has 6 heteroatoms. The molecule has 0 amide bonds. The van der Waals surface area contributed by atoms with Gasteiger partial charge < -0.3 is 0 Å². The van der Waals surface area contributed by atoms with E-state index in [-0.39, 0.29) is 5.82 Å². The van der Waals surface area contributed by atoms with Gasteiger partial charge in [0.2, 0.25) is 5.78 Å². The number of imidazole rings is 1. The zero-order valence-corrected chi connectivity index (χ0v) is 10.5. The number of nitrogens with zero attached hydrogens (tertiary/aromatic N) is 4. The van der Waals surface area contributed by atoms with E-state index in [1.165, 1.54) is 16.6 Å². The minimum Gasteiger partial charge on any atom is -0.296 e. The molecule has 96 valence electrons. The Balaban J connectivity index is 2.29. The largest absolute Gasteiger partial charge is 0.296 e. The zero-order valence-electron chi connectivity index (χ0n) is 10.5. The Morgan fingerprint density at radius 3 is 2.84 bits per heavy atom. The topological polar surface area (TPSA) is 52.2 Å². The number of hydrogen-bond donors (Lipinski definition) is 0. The van der Waals surface area contributed by atoms with Crippen molar-refractivity contribution >= 4 is 12.1 Å². The van der Waals surface area contributed by atoms with Crippen molar-refractivity contribution in [2.45, 2.75) is 6.92 Å². The van der Waals surface area contributed by atoms with Crippen LogP contribution in [0.2, 0.25) is 0 Å². The normalized spacial score (nSPS) is 11.1. The van der Waals surface area contributed by atoms with E-state index in [2.05, 4.69) is 10.1 Å². The van der Waals surface area contributed by atoms with Gasteiger partial charge in [-0.3, -0.25) is 9.36 Å². The van der Waals surface area contributed by atoms with E-state index < -0.39 is 0 Å². The first-order valence-corrected chi connectivity index (χ1v) is 5.75. The van der Waals surface area contributed by atoms with Crippen LogP contribution in [0.3, 0.4) is 0 Å². The molecular formula is C13H11FN4O. The summed E-state index contributed by atoms with van der Waals surface area (Å²) in [4.78, 5) is 15.3. The van der Waals surface area contributed by atoms with Crippen LogP contribution in [0.1, 0.15) is 16.2 Å². The molecule has 0 fully saturated rings. The van der Waals surface area contributed by atoms with Crippen LogP contribution in [0.4, 0.5) is 4.39 Å². The van der Waals surface area contributed by atoms with Gasteiger partial charge in [-0.2, -0.15) is 4.52 Å². The number of carbonyl (C=O) groups is 1. The lowest BCUT2D eigenvalue weighted by Gasteiger charge is -2.00. The summed E-state index contributed by atoms with van der Waals surface area (Å²) in [6.45, 7) is 1.75. The van der Waals surface area contributed by atoms with Gasteiger partial charge in [0.25, 0.3) is 0 Å². The zero-order chi connectivity index (χ0) is 13.6. The SMILES string of the molecule is Cc1nc2n(C)c(-c3cccc(F)c3)nn2c1C=O. The average Bonchev–Trinajstić information content (AvgIpc) is 2.86. The van der Waals surface area contributed by atoms with Crippen LogP contribution in [0.25, 0.3) is 17.2 Å². The second kappa shape index (κ2) is 4.01. The Hall–Kier alpha value is -2.50. The maximum Gasteiger partial charge on any atom is 0.233 e. The Labute approximate surface area is 108 Å². The monoisotopic (exact) mass is 258 g/mol. The molecule has 0 N–H and O–H groups in total. The highest BCUT2D eigenvalue weighted by Gasteiger charge is 2.16. The maximum absolute atomic E-state index is 13.3. The number of benzene rings is 1. The molecule has 2 aromatic heterocycles. The van der Waals surface area contributed by atoms with Crippen molar-refractivity contribution in [2.24, 2.45) is 7.05 Å². The fourth-order valence-electron chi connectivity index (χ4n) is 2.10. The lowest BCUT2D eigenvalue weighted by Crippen LogP contribution is -1.95. The van der Waals surface area contributed by atoms with E-state index in [4.69, 9.17) is 0 Å². The summed E-state index contributed by atoms with van der Waals surface area (Å²) in [7, 11) is 1.78. The van der Waals surface area contributed by atoms with Crippen LogP contribution in [0.15, 0.2) is 24.3 Å². The van der Waals surface area contributed by atoms with E-state index >= 15 is 0 Å². The van der Waals surface area contributed by atoms with E-state index in [1.807, 2.05) is 0 Å². The van der Waals surface area contributed by atoms with Gasteiger partial charge >= 0.3 is 0 Å². The molecular weight excluding hydrogens is 247 g/mol. The summed E-state index contributed by atoms with van der Waals surface area (Å²) in [6, 6.07) is 6.15. The van der Waals surface area contributed by atoms with E-state index in [9.17, 15) is 9.18 Å². The van der Waals surface area contributed by atoms with Crippen LogP contribution < -0.4 is 0 Å². The summed E-state index contributed by atoms with van der Waals surface area (Å²) in [5.41, 5.74) is 1.68. The molecule has 0 saturated carbocycles.